The van der Waals surface area contributed by atoms with Crippen LogP contribution in [0.1, 0.15) is 35.8 Å². The number of anilines is 1. The Labute approximate surface area is 149 Å². The molecule has 0 amide bonds. The van der Waals surface area contributed by atoms with Gasteiger partial charge < -0.3 is 9.88 Å². The van der Waals surface area contributed by atoms with Crippen molar-refractivity contribution in [2.45, 2.75) is 32.7 Å². The zero-order valence-corrected chi connectivity index (χ0v) is 15.1. The summed E-state index contributed by atoms with van der Waals surface area (Å²) in [5, 5.41) is 3.35. The van der Waals surface area contributed by atoms with E-state index in [0.29, 0.717) is 0 Å². The standard InChI is InChI=1S/C19H19N5S/c1-11-5-6-13-14(8-11)23-17(22-13)15-4-3-7-24(15)18-16-12(2)9-25-19(16)21-10-20-18/h5-6,8-10,15H,3-4,7H2,1-2H3,(H,22,23). The summed E-state index contributed by atoms with van der Waals surface area (Å²) >= 11 is 1.69. The topological polar surface area (TPSA) is 57.7 Å². The molecule has 0 spiro atoms. The van der Waals surface area contributed by atoms with E-state index < -0.39 is 0 Å². The highest BCUT2D eigenvalue weighted by atomic mass is 32.1. The highest BCUT2D eigenvalue weighted by molar-refractivity contribution is 7.17. The van der Waals surface area contributed by atoms with Crippen molar-refractivity contribution in [3.63, 3.8) is 0 Å². The third-order valence-electron chi connectivity index (χ3n) is 5.03. The van der Waals surface area contributed by atoms with E-state index in [-0.39, 0.29) is 6.04 Å². The minimum absolute atomic E-state index is 0.241. The Morgan fingerprint density at radius 2 is 2.16 bits per heavy atom. The Balaban J connectivity index is 1.62. The third-order valence-corrected chi connectivity index (χ3v) is 6.03. The molecule has 0 aliphatic carbocycles. The van der Waals surface area contributed by atoms with E-state index in [2.05, 4.69) is 57.3 Å². The molecule has 1 aliphatic rings. The molecule has 6 heteroatoms. The van der Waals surface area contributed by atoms with Crippen LogP contribution in [0.25, 0.3) is 21.3 Å². The lowest BCUT2D eigenvalue weighted by Gasteiger charge is -2.25. The summed E-state index contributed by atoms with van der Waals surface area (Å²) in [6.45, 7) is 5.25. The first-order valence-corrected chi connectivity index (χ1v) is 9.50. The van der Waals surface area contributed by atoms with Crippen molar-refractivity contribution in [1.29, 1.82) is 0 Å². The van der Waals surface area contributed by atoms with E-state index >= 15 is 0 Å². The van der Waals surface area contributed by atoms with E-state index in [1.54, 1.807) is 17.7 Å². The van der Waals surface area contributed by atoms with Crippen molar-refractivity contribution in [2.24, 2.45) is 0 Å². The van der Waals surface area contributed by atoms with Crippen molar-refractivity contribution >= 4 is 38.4 Å². The molecule has 126 valence electrons. The van der Waals surface area contributed by atoms with Gasteiger partial charge in [0, 0.05) is 6.54 Å². The summed E-state index contributed by atoms with van der Waals surface area (Å²) in [4.78, 5) is 20.9. The molecule has 1 atom stereocenters. The Morgan fingerprint density at radius 1 is 1.24 bits per heavy atom. The predicted molar refractivity (Wildman–Crippen MR) is 102 cm³/mol. The van der Waals surface area contributed by atoms with Gasteiger partial charge >= 0.3 is 0 Å². The van der Waals surface area contributed by atoms with Crippen LogP contribution in [0, 0.1) is 13.8 Å². The first-order valence-electron chi connectivity index (χ1n) is 8.62. The molecule has 5 rings (SSSR count). The minimum Gasteiger partial charge on any atom is -0.346 e. The SMILES string of the molecule is Cc1ccc2nc(C3CCCN3c3ncnc4scc(C)c34)[nH]c2c1. The number of benzene rings is 1. The Bertz CT molecular complexity index is 1080. The second-order valence-corrected chi connectivity index (χ2v) is 7.65. The van der Waals surface area contributed by atoms with Crippen LogP contribution in [0.4, 0.5) is 5.82 Å². The number of nitrogens with one attached hydrogen (secondary N) is 1. The zero-order chi connectivity index (χ0) is 17.0. The number of hydrogen-bond acceptors (Lipinski definition) is 5. The molecule has 1 aromatic carbocycles. The molecule has 1 N–H and O–H groups in total. The maximum Gasteiger partial charge on any atom is 0.141 e. The number of aromatic nitrogens is 4. The molecule has 5 nitrogen and oxygen atoms in total. The van der Waals surface area contributed by atoms with Gasteiger partial charge in [0.25, 0.3) is 0 Å². The maximum absolute atomic E-state index is 4.86. The number of nitrogens with zero attached hydrogens (tertiary/aromatic N) is 4. The van der Waals surface area contributed by atoms with Gasteiger partial charge in [-0.25, -0.2) is 15.0 Å². The quantitative estimate of drug-likeness (QED) is 0.578. The fraction of sp³-hybridized carbons (Fsp3) is 0.316. The minimum atomic E-state index is 0.241. The van der Waals surface area contributed by atoms with Gasteiger partial charge in [-0.1, -0.05) is 6.07 Å². The summed E-state index contributed by atoms with van der Waals surface area (Å²) < 4.78 is 0. The van der Waals surface area contributed by atoms with E-state index in [4.69, 9.17) is 4.98 Å². The normalized spacial score (nSPS) is 17.8. The van der Waals surface area contributed by atoms with Crippen molar-refractivity contribution < 1.29 is 0 Å². The Hall–Kier alpha value is -2.47. The van der Waals surface area contributed by atoms with Gasteiger partial charge in [0.05, 0.1) is 22.5 Å². The van der Waals surface area contributed by atoms with Gasteiger partial charge in [-0.2, -0.15) is 0 Å². The largest absolute Gasteiger partial charge is 0.346 e. The molecule has 1 fully saturated rings. The molecule has 4 aromatic rings. The lowest BCUT2D eigenvalue weighted by atomic mass is 10.2. The number of H-pyrrole nitrogens is 1. The average molecular weight is 349 g/mol. The predicted octanol–water partition coefficient (Wildman–Crippen LogP) is 4.53. The summed E-state index contributed by atoms with van der Waals surface area (Å²) in [6.07, 6.45) is 3.92. The van der Waals surface area contributed by atoms with Gasteiger partial charge in [0.2, 0.25) is 0 Å². The molecular formula is C19H19N5S. The van der Waals surface area contributed by atoms with Crippen LogP contribution in [-0.2, 0) is 0 Å². The second-order valence-electron chi connectivity index (χ2n) is 6.79. The summed E-state index contributed by atoms with van der Waals surface area (Å²) in [5.74, 6) is 2.08. The summed E-state index contributed by atoms with van der Waals surface area (Å²) in [6, 6.07) is 6.61. The van der Waals surface area contributed by atoms with Crippen LogP contribution >= 0.6 is 11.3 Å². The monoisotopic (exact) mass is 349 g/mol. The second kappa shape index (κ2) is 5.52. The number of rotatable bonds is 2. The van der Waals surface area contributed by atoms with Crippen molar-refractivity contribution in [1.82, 2.24) is 19.9 Å². The van der Waals surface area contributed by atoms with Crippen LogP contribution in [0.3, 0.4) is 0 Å². The van der Waals surface area contributed by atoms with Crippen molar-refractivity contribution in [3.05, 3.63) is 46.9 Å². The maximum atomic E-state index is 4.86. The van der Waals surface area contributed by atoms with Gasteiger partial charge in [-0.05, 0) is 55.3 Å². The molecule has 4 heterocycles. The lowest BCUT2D eigenvalue weighted by molar-refractivity contribution is 0.674. The molecule has 1 unspecified atom stereocenters. The number of imidazole rings is 1. The number of thiophene rings is 1. The van der Waals surface area contributed by atoms with Gasteiger partial charge in [0.1, 0.15) is 22.8 Å². The van der Waals surface area contributed by atoms with Gasteiger partial charge in [-0.3, -0.25) is 0 Å². The van der Waals surface area contributed by atoms with Crippen molar-refractivity contribution in [3.8, 4) is 0 Å². The van der Waals surface area contributed by atoms with Crippen molar-refractivity contribution in [2.75, 3.05) is 11.4 Å². The molecule has 1 aliphatic heterocycles. The molecule has 3 aromatic heterocycles. The molecule has 0 saturated carbocycles. The van der Waals surface area contributed by atoms with E-state index in [0.717, 1.165) is 46.9 Å². The highest BCUT2D eigenvalue weighted by Gasteiger charge is 2.31. The van der Waals surface area contributed by atoms with Crippen LogP contribution < -0.4 is 4.90 Å². The molecule has 25 heavy (non-hydrogen) atoms. The summed E-state index contributed by atoms with van der Waals surface area (Å²) in [5.41, 5.74) is 4.65. The van der Waals surface area contributed by atoms with E-state index in [1.165, 1.54) is 16.5 Å². The van der Waals surface area contributed by atoms with E-state index in [9.17, 15) is 0 Å². The molecule has 0 radical (unpaired) electrons. The fourth-order valence-corrected chi connectivity index (χ4v) is 4.71. The van der Waals surface area contributed by atoms with Crippen LogP contribution in [0.5, 0.6) is 0 Å². The number of hydrogen-bond donors (Lipinski definition) is 1. The fourth-order valence-electron chi connectivity index (χ4n) is 3.82. The number of aryl methyl sites for hydroxylation is 2. The first-order chi connectivity index (χ1) is 12.2. The van der Waals surface area contributed by atoms with Crippen LogP contribution in [0.15, 0.2) is 29.9 Å². The van der Waals surface area contributed by atoms with Gasteiger partial charge in [-0.15, -0.1) is 11.3 Å². The highest BCUT2D eigenvalue weighted by Crippen LogP contribution is 2.39. The number of fused-ring (bicyclic) bond motifs is 2. The molecule has 1 saturated heterocycles. The zero-order valence-electron chi connectivity index (χ0n) is 14.3. The molecule has 0 bridgehead atoms. The molecular weight excluding hydrogens is 330 g/mol. The first kappa shape index (κ1) is 14.8. The summed E-state index contributed by atoms with van der Waals surface area (Å²) in [7, 11) is 0. The van der Waals surface area contributed by atoms with E-state index in [1.807, 2.05) is 0 Å². The van der Waals surface area contributed by atoms with Crippen LogP contribution in [-0.4, -0.2) is 26.5 Å². The number of aromatic amines is 1. The Morgan fingerprint density at radius 3 is 3.08 bits per heavy atom. The smallest absolute Gasteiger partial charge is 0.141 e. The van der Waals surface area contributed by atoms with Crippen LogP contribution in [0.2, 0.25) is 0 Å². The Kier molecular flexibility index (Phi) is 3.28. The average Bonchev–Trinajstić information content (AvgIpc) is 3.32. The lowest BCUT2D eigenvalue weighted by Crippen LogP contribution is -2.24. The third kappa shape index (κ3) is 2.32. The van der Waals surface area contributed by atoms with Gasteiger partial charge in [0.15, 0.2) is 0 Å².